The number of fused-ring (bicyclic) bond motifs is 2. The van der Waals surface area contributed by atoms with E-state index in [0.29, 0.717) is 29.9 Å². The minimum atomic E-state index is 0.297. The zero-order valence-corrected chi connectivity index (χ0v) is 11.7. The Kier molecular flexibility index (Phi) is 3.60. The molecule has 2 saturated heterocycles. The van der Waals surface area contributed by atoms with E-state index >= 15 is 0 Å². The smallest absolute Gasteiger partial charge is 0.216 e. The Hall–Kier alpha value is -1.29. The lowest BCUT2D eigenvalue weighted by Crippen LogP contribution is -2.52. The molecule has 0 saturated carbocycles. The van der Waals surface area contributed by atoms with Crippen molar-refractivity contribution in [3.8, 4) is 11.8 Å². The molecule has 2 aliphatic rings. The largest absolute Gasteiger partial charge is 0.481 e. The summed E-state index contributed by atoms with van der Waals surface area (Å²) in [5.41, 5.74) is 0. The summed E-state index contributed by atoms with van der Waals surface area (Å²) in [7, 11) is 3.89. The van der Waals surface area contributed by atoms with Crippen molar-refractivity contribution in [1.82, 2.24) is 9.88 Å². The average Bonchev–Trinajstić information content (AvgIpc) is 2.40. The SMILES string of the molecule is COc1cccc(OC2CC3CCCC(C2)N3C)n1. The number of piperidine rings is 2. The van der Waals surface area contributed by atoms with Gasteiger partial charge in [-0.3, -0.25) is 0 Å². The highest BCUT2D eigenvalue weighted by Gasteiger charge is 2.36. The molecule has 4 nitrogen and oxygen atoms in total. The predicted molar refractivity (Wildman–Crippen MR) is 73.6 cm³/mol. The lowest BCUT2D eigenvalue weighted by molar-refractivity contribution is -0.00157. The molecular weight excluding hydrogens is 240 g/mol. The van der Waals surface area contributed by atoms with Gasteiger partial charge in [-0.25, -0.2) is 0 Å². The highest BCUT2D eigenvalue weighted by Crippen LogP contribution is 2.34. The van der Waals surface area contributed by atoms with E-state index in [1.54, 1.807) is 7.11 Å². The van der Waals surface area contributed by atoms with Crippen LogP contribution in [0.2, 0.25) is 0 Å². The maximum absolute atomic E-state index is 6.06. The van der Waals surface area contributed by atoms with Gasteiger partial charge in [0.25, 0.3) is 0 Å². The zero-order chi connectivity index (χ0) is 13.2. The Labute approximate surface area is 114 Å². The van der Waals surface area contributed by atoms with Gasteiger partial charge in [-0.2, -0.15) is 4.98 Å². The molecule has 2 fully saturated rings. The fraction of sp³-hybridized carbons (Fsp3) is 0.667. The molecule has 3 heterocycles. The van der Waals surface area contributed by atoms with E-state index in [-0.39, 0.29) is 0 Å². The summed E-state index contributed by atoms with van der Waals surface area (Å²) in [4.78, 5) is 6.88. The molecule has 2 unspecified atom stereocenters. The molecule has 1 aromatic heterocycles. The second kappa shape index (κ2) is 5.37. The van der Waals surface area contributed by atoms with Gasteiger partial charge < -0.3 is 14.4 Å². The van der Waals surface area contributed by atoms with Gasteiger partial charge in [-0.05, 0) is 32.7 Å². The topological polar surface area (TPSA) is 34.6 Å². The van der Waals surface area contributed by atoms with Crippen molar-refractivity contribution in [2.24, 2.45) is 0 Å². The highest BCUT2D eigenvalue weighted by molar-refractivity contribution is 5.20. The Morgan fingerprint density at radius 3 is 2.53 bits per heavy atom. The van der Waals surface area contributed by atoms with E-state index in [2.05, 4.69) is 16.9 Å². The standard InChI is InChI=1S/C15H22N2O2/c1-17-11-5-3-6-12(17)10-13(9-11)19-15-8-4-7-14(16-15)18-2/h4,7-8,11-13H,3,5-6,9-10H2,1-2H3. The van der Waals surface area contributed by atoms with Gasteiger partial charge in [-0.15, -0.1) is 0 Å². The number of aromatic nitrogens is 1. The zero-order valence-electron chi connectivity index (χ0n) is 11.7. The molecule has 3 rings (SSSR count). The lowest BCUT2D eigenvalue weighted by atomic mass is 9.83. The number of methoxy groups -OCH3 is 1. The first-order valence-electron chi connectivity index (χ1n) is 7.16. The summed E-state index contributed by atoms with van der Waals surface area (Å²) >= 11 is 0. The summed E-state index contributed by atoms with van der Waals surface area (Å²) in [6, 6.07) is 7.05. The number of rotatable bonds is 3. The second-order valence-corrected chi connectivity index (χ2v) is 5.63. The molecule has 2 bridgehead atoms. The number of hydrogen-bond acceptors (Lipinski definition) is 4. The van der Waals surface area contributed by atoms with Crippen LogP contribution in [0.25, 0.3) is 0 Å². The number of hydrogen-bond donors (Lipinski definition) is 0. The predicted octanol–water partition coefficient (Wildman–Crippen LogP) is 2.48. The molecule has 4 heteroatoms. The third-order valence-corrected chi connectivity index (χ3v) is 4.49. The van der Waals surface area contributed by atoms with Crippen LogP contribution in [-0.2, 0) is 0 Å². The van der Waals surface area contributed by atoms with Crippen LogP contribution >= 0.6 is 0 Å². The van der Waals surface area contributed by atoms with Crippen molar-refractivity contribution in [3.63, 3.8) is 0 Å². The van der Waals surface area contributed by atoms with E-state index in [0.717, 1.165) is 12.8 Å². The van der Waals surface area contributed by atoms with Crippen LogP contribution in [-0.4, -0.2) is 42.2 Å². The Morgan fingerprint density at radius 2 is 1.84 bits per heavy atom. The molecule has 0 amide bonds. The lowest BCUT2D eigenvalue weighted by Gasteiger charge is -2.46. The molecule has 0 spiro atoms. The van der Waals surface area contributed by atoms with Crippen LogP contribution in [0.1, 0.15) is 32.1 Å². The van der Waals surface area contributed by atoms with Crippen molar-refractivity contribution >= 4 is 0 Å². The molecule has 2 atom stereocenters. The van der Waals surface area contributed by atoms with Gasteiger partial charge in [0, 0.05) is 24.2 Å². The summed E-state index contributed by atoms with van der Waals surface area (Å²) in [6.07, 6.45) is 6.50. The van der Waals surface area contributed by atoms with Crippen LogP contribution in [0.5, 0.6) is 11.8 Å². The minimum absolute atomic E-state index is 0.297. The fourth-order valence-corrected chi connectivity index (χ4v) is 3.41. The van der Waals surface area contributed by atoms with E-state index in [1.807, 2.05) is 18.2 Å². The van der Waals surface area contributed by atoms with Gasteiger partial charge in [-0.1, -0.05) is 12.5 Å². The molecule has 0 aliphatic carbocycles. The van der Waals surface area contributed by atoms with Crippen LogP contribution in [0, 0.1) is 0 Å². The molecule has 0 aromatic carbocycles. The average molecular weight is 262 g/mol. The van der Waals surface area contributed by atoms with Crippen molar-refractivity contribution < 1.29 is 9.47 Å². The molecule has 2 aliphatic heterocycles. The number of ether oxygens (including phenoxy) is 2. The third kappa shape index (κ3) is 2.68. The molecule has 104 valence electrons. The van der Waals surface area contributed by atoms with Crippen molar-refractivity contribution in [2.45, 2.75) is 50.3 Å². The number of nitrogens with zero attached hydrogens (tertiary/aromatic N) is 2. The molecule has 0 N–H and O–H groups in total. The van der Waals surface area contributed by atoms with Gasteiger partial charge in [0.15, 0.2) is 0 Å². The Bertz CT molecular complexity index is 424. The van der Waals surface area contributed by atoms with Gasteiger partial charge in [0.1, 0.15) is 6.10 Å². The van der Waals surface area contributed by atoms with Gasteiger partial charge >= 0.3 is 0 Å². The van der Waals surface area contributed by atoms with Crippen molar-refractivity contribution in [3.05, 3.63) is 18.2 Å². The van der Waals surface area contributed by atoms with Crippen LogP contribution < -0.4 is 9.47 Å². The molecular formula is C15H22N2O2. The second-order valence-electron chi connectivity index (χ2n) is 5.63. The van der Waals surface area contributed by atoms with Gasteiger partial charge in [0.2, 0.25) is 11.8 Å². The van der Waals surface area contributed by atoms with E-state index in [9.17, 15) is 0 Å². The maximum atomic E-state index is 6.06. The Morgan fingerprint density at radius 1 is 1.16 bits per heavy atom. The van der Waals surface area contributed by atoms with E-state index in [4.69, 9.17) is 9.47 Å². The highest BCUT2D eigenvalue weighted by atomic mass is 16.5. The minimum Gasteiger partial charge on any atom is -0.481 e. The monoisotopic (exact) mass is 262 g/mol. The van der Waals surface area contributed by atoms with Crippen molar-refractivity contribution in [2.75, 3.05) is 14.2 Å². The van der Waals surface area contributed by atoms with Crippen LogP contribution in [0.15, 0.2) is 18.2 Å². The first-order valence-corrected chi connectivity index (χ1v) is 7.16. The van der Waals surface area contributed by atoms with E-state index in [1.165, 1.54) is 19.3 Å². The summed E-state index contributed by atoms with van der Waals surface area (Å²) in [5, 5.41) is 0. The van der Waals surface area contributed by atoms with Crippen LogP contribution in [0.4, 0.5) is 0 Å². The molecule has 19 heavy (non-hydrogen) atoms. The third-order valence-electron chi connectivity index (χ3n) is 4.49. The van der Waals surface area contributed by atoms with E-state index < -0.39 is 0 Å². The summed E-state index contributed by atoms with van der Waals surface area (Å²) in [5.74, 6) is 1.30. The molecule has 1 aromatic rings. The maximum Gasteiger partial charge on any atom is 0.216 e. The normalized spacial score (nSPS) is 30.9. The Balaban J connectivity index is 1.67. The number of pyridine rings is 1. The first-order chi connectivity index (χ1) is 9.26. The van der Waals surface area contributed by atoms with Crippen molar-refractivity contribution in [1.29, 1.82) is 0 Å². The molecule has 0 radical (unpaired) electrons. The summed E-state index contributed by atoms with van der Waals surface area (Å²) in [6.45, 7) is 0. The van der Waals surface area contributed by atoms with Gasteiger partial charge in [0.05, 0.1) is 7.11 Å². The fourth-order valence-electron chi connectivity index (χ4n) is 3.41. The summed E-state index contributed by atoms with van der Waals surface area (Å²) < 4.78 is 11.2. The quantitative estimate of drug-likeness (QED) is 0.838. The first kappa shape index (κ1) is 12.7. The van der Waals surface area contributed by atoms with Crippen LogP contribution in [0.3, 0.4) is 0 Å².